The van der Waals surface area contributed by atoms with E-state index >= 15 is 0 Å². The zero-order chi connectivity index (χ0) is 14.5. The first-order valence-corrected chi connectivity index (χ1v) is 8.53. The van der Waals surface area contributed by atoms with Crippen LogP contribution in [0.15, 0.2) is 16.7 Å². The summed E-state index contributed by atoms with van der Waals surface area (Å²) in [4.78, 5) is 12.2. The van der Waals surface area contributed by atoms with Gasteiger partial charge in [0.25, 0.3) is 5.91 Å². The van der Waals surface area contributed by atoms with E-state index in [1.807, 2.05) is 23.8 Å². The molecule has 1 aliphatic carbocycles. The molecule has 1 N–H and O–H groups in total. The van der Waals surface area contributed by atoms with Gasteiger partial charge in [0.05, 0.1) is 0 Å². The van der Waals surface area contributed by atoms with Crippen LogP contribution in [0.1, 0.15) is 56.4 Å². The van der Waals surface area contributed by atoms with Crippen molar-refractivity contribution in [1.29, 1.82) is 0 Å². The van der Waals surface area contributed by atoms with Crippen molar-refractivity contribution in [3.63, 3.8) is 0 Å². The summed E-state index contributed by atoms with van der Waals surface area (Å²) >= 11 is 3.43. The van der Waals surface area contributed by atoms with Gasteiger partial charge in [0.2, 0.25) is 0 Å². The molecule has 0 spiro atoms. The number of nitrogens with zero attached hydrogens (tertiary/aromatic N) is 1. The summed E-state index contributed by atoms with van der Waals surface area (Å²) in [6, 6.07) is 1.89. The number of aryl methyl sites for hydroxylation is 1. The highest BCUT2D eigenvalue weighted by Gasteiger charge is 2.18. The molecule has 112 valence electrons. The Hall–Kier alpha value is -0.770. The third kappa shape index (κ3) is 4.11. The SMILES string of the molecule is CCn1cc(Br)cc1C(=O)NCCC1CCC(C)CC1. The molecule has 1 heterocycles. The number of hydrogen-bond acceptors (Lipinski definition) is 1. The summed E-state index contributed by atoms with van der Waals surface area (Å²) < 4.78 is 2.94. The fraction of sp³-hybridized carbons (Fsp3) is 0.688. The summed E-state index contributed by atoms with van der Waals surface area (Å²) in [7, 11) is 0. The summed E-state index contributed by atoms with van der Waals surface area (Å²) in [6.07, 6.45) is 8.43. The quantitative estimate of drug-likeness (QED) is 0.855. The molecule has 1 fully saturated rings. The van der Waals surface area contributed by atoms with Crippen LogP contribution in [0, 0.1) is 11.8 Å². The standard InChI is InChI=1S/C16H25BrN2O/c1-3-19-11-14(17)10-15(19)16(20)18-9-8-13-6-4-12(2)5-7-13/h10-13H,3-9H2,1-2H3,(H,18,20). The van der Waals surface area contributed by atoms with Gasteiger partial charge in [0, 0.05) is 23.8 Å². The lowest BCUT2D eigenvalue weighted by Crippen LogP contribution is -2.28. The Kier molecular flexibility index (Phi) is 5.70. The smallest absolute Gasteiger partial charge is 0.267 e. The highest BCUT2D eigenvalue weighted by molar-refractivity contribution is 9.10. The van der Waals surface area contributed by atoms with Gasteiger partial charge in [0.1, 0.15) is 5.69 Å². The molecule has 4 heteroatoms. The second-order valence-corrected chi connectivity index (χ2v) is 6.92. The third-order valence-corrected chi connectivity index (χ3v) is 4.84. The molecule has 1 aromatic heterocycles. The molecule has 0 unspecified atom stereocenters. The van der Waals surface area contributed by atoms with Crippen molar-refractivity contribution in [2.45, 2.75) is 52.5 Å². The fourth-order valence-electron chi connectivity index (χ4n) is 3.02. The Morgan fingerprint density at radius 2 is 2.10 bits per heavy atom. The summed E-state index contributed by atoms with van der Waals surface area (Å²) in [5, 5.41) is 3.06. The third-order valence-electron chi connectivity index (χ3n) is 4.41. The molecule has 0 atom stereocenters. The average molecular weight is 341 g/mol. The van der Waals surface area contributed by atoms with Gasteiger partial charge in [-0.05, 0) is 47.2 Å². The molecular formula is C16H25BrN2O. The second kappa shape index (κ2) is 7.30. The van der Waals surface area contributed by atoms with Gasteiger partial charge < -0.3 is 9.88 Å². The maximum absolute atomic E-state index is 12.2. The molecule has 1 aromatic rings. The molecule has 3 nitrogen and oxygen atoms in total. The predicted octanol–water partition coefficient (Wildman–Crippen LogP) is 4.22. The van der Waals surface area contributed by atoms with E-state index < -0.39 is 0 Å². The van der Waals surface area contributed by atoms with E-state index in [9.17, 15) is 4.79 Å². The lowest BCUT2D eigenvalue weighted by atomic mass is 9.81. The molecule has 0 saturated heterocycles. The Morgan fingerprint density at radius 1 is 1.40 bits per heavy atom. The van der Waals surface area contributed by atoms with Crippen molar-refractivity contribution in [3.8, 4) is 0 Å². The summed E-state index contributed by atoms with van der Waals surface area (Å²) in [5.74, 6) is 1.74. The highest BCUT2D eigenvalue weighted by atomic mass is 79.9. The zero-order valence-corrected chi connectivity index (χ0v) is 14.1. The van der Waals surface area contributed by atoms with Crippen molar-refractivity contribution in [2.24, 2.45) is 11.8 Å². The van der Waals surface area contributed by atoms with Gasteiger partial charge in [-0.2, -0.15) is 0 Å². The maximum atomic E-state index is 12.2. The van der Waals surface area contributed by atoms with E-state index in [-0.39, 0.29) is 5.91 Å². The Bertz CT molecular complexity index is 447. The van der Waals surface area contributed by atoms with Crippen LogP contribution in [0.5, 0.6) is 0 Å². The molecule has 0 radical (unpaired) electrons. The molecule has 1 saturated carbocycles. The first kappa shape index (κ1) is 15.6. The minimum Gasteiger partial charge on any atom is -0.351 e. The Labute approximate surface area is 130 Å². The molecule has 0 aliphatic heterocycles. The van der Waals surface area contributed by atoms with Gasteiger partial charge in [-0.3, -0.25) is 4.79 Å². The molecule has 0 aromatic carbocycles. The number of nitrogens with one attached hydrogen (secondary N) is 1. The molecule has 2 rings (SSSR count). The van der Waals surface area contributed by atoms with Gasteiger partial charge in [-0.15, -0.1) is 0 Å². The number of rotatable bonds is 5. The van der Waals surface area contributed by atoms with Crippen LogP contribution in [-0.4, -0.2) is 17.0 Å². The van der Waals surface area contributed by atoms with E-state index in [4.69, 9.17) is 0 Å². The lowest BCUT2D eigenvalue weighted by Gasteiger charge is -2.26. The topological polar surface area (TPSA) is 34.0 Å². The number of aromatic nitrogens is 1. The van der Waals surface area contributed by atoms with Crippen LogP contribution in [-0.2, 0) is 6.54 Å². The largest absolute Gasteiger partial charge is 0.351 e. The second-order valence-electron chi connectivity index (χ2n) is 6.00. The molecule has 1 aliphatic rings. The van der Waals surface area contributed by atoms with E-state index in [2.05, 4.69) is 28.2 Å². The van der Waals surface area contributed by atoms with Crippen LogP contribution >= 0.6 is 15.9 Å². The number of carbonyl (C=O) groups excluding carboxylic acids is 1. The molecule has 0 bridgehead atoms. The van der Waals surface area contributed by atoms with Crippen LogP contribution in [0.4, 0.5) is 0 Å². The average Bonchev–Trinajstić information content (AvgIpc) is 2.82. The van der Waals surface area contributed by atoms with Crippen LogP contribution in [0.25, 0.3) is 0 Å². The first-order valence-electron chi connectivity index (χ1n) is 7.74. The van der Waals surface area contributed by atoms with Crippen molar-refractivity contribution in [1.82, 2.24) is 9.88 Å². The van der Waals surface area contributed by atoms with Gasteiger partial charge in [-0.25, -0.2) is 0 Å². The van der Waals surface area contributed by atoms with Crippen LogP contribution in [0.3, 0.4) is 0 Å². The first-order chi connectivity index (χ1) is 9.60. The van der Waals surface area contributed by atoms with Crippen LogP contribution < -0.4 is 5.32 Å². The highest BCUT2D eigenvalue weighted by Crippen LogP contribution is 2.29. The summed E-state index contributed by atoms with van der Waals surface area (Å²) in [6.45, 7) is 6.00. The molecular weight excluding hydrogens is 316 g/mol. The van der Waals surface area contributed by atoms with E-state index in [0.717, 1.165) is 41.5 Å². The monoisotopic (exact) mass is 340 g/mol. The van der Waals surface area contributed by atoms with Crippen LogP contribution in [0.2, 0.25) is 0 Å². The van der Waals surface area contributed by atoms with E-state index in [1.54, 1.807) is 0 Å². The van der Waals surface area contributed by atoms with Crippen molar-refractivity contribution >= 4 is 21.8 Å². The van der Waals surface area contributed by atoms with E-state index in [1.165, 1.54) is 25.7 Å². The van der Waals surface area contributed by atoms with E-state index in [0.29, 0.717) is 0 Å². The Balaban J connectivity index is 1.77. The van der Waals surface area contributed by atoms with Gasteiger partial charge in [0.15, 0.2) is 0 Å². The van der Waals surface area contributed by atoms with Crippen molar-refractivity contribution in [2.75, 3.05) is 6.54 Å². The van der Waals surface area contributed by atoms with Crippen molar-refractivity contribution in [3.05, 3.63) is 22.4 Å². The lowest BCUT2D eigenvalue weighted by molar-refractivity contribution is 0.0940. The number of hydrogen-bond donors (Lipinski definition) is 1. The van der Waals surface area contributed by atoms with Gasteiger partial charge >= 0.3 is 0 Å². The number of halogens is 1. The maximum Gasteiger partial charge on any atom is 0.267 e. The predicted molar refractivity (Wildman–Crippen MR) is 85.9 cm³/mol. The fourth-order valence-corrected chi connectivity index (χ4v) is 3.49. The van der Waals surface area contributed by atoms with Gasteiger partial charge in [-0.1, -0.05) is 32.6 Å². The Morgan fingerprint density at radius 3 is 2.75 bits per heavy atom. The molecule has 20 heavy (non-hydrogen) atoms. The number of carbonyl (C=O) groups is 1. The van der Waals surface area contributed by atoms with Crippen molar-refractivity contribution < 1.29 is 4.79 Å². The normalized spacial score (nSPS) is 22.8. The minimum atomic E-state index is 0.0433. The molecule has 1 amide bonds. The summed E-state index contributed by atoms with van der Waals surface area (Å²) in [5.41, 5.74) is 0.747. The number of amides is 1. The zero-order valence-electron chi connectivity index (χ0n) is 12.5. The minimum absolute atomic E-state index is 0.0433.